The fourth-order valence-electron chi connectivity index (χ4n) is 3.59. The van der Waals surface area contributed by atoms with E-state index in [1.807, 2.05) is 24.4 Å². The molecule has 0 unspecified atom stereocenters. The number of aromatic nitrogens is 2. The van der Waals surface area contributed by atoms with E-state index in [4.69, 9.17) is 9.72 Å². The second kappa shape index (κ2) is 7.44. The van der Waals surface area contributed by atoms with Gasteiger partial charge in [-0.15, -0.1) is 0 Å². The molecule has 1 aromatic carbocycles. The summed E-state index contributed by atoms with van der Waals surface area (Å²) < 4.78 is 29.1. The fraction of sp³-hybridized carbons (Fsp3) is 0.474. The Morgan fingerprint density at radius 2 is 1.70 bits per heavy atom. The van der Waals surface area contributed by atoms with Crippen molar-refractivity contribution in [1.29, 1.82) is 0 Å². The third-order valence-electron chi connectivity index (χ3n) is 5.15. The highest BCUT2D eigenvalue weighted by Gasteiger charge is 2.19. The topological polar surface area (TPSA) is 75.6 Å². The lowest BCUT2D eigenvalue weighted by Crippen LogP contribution is -2.37. The third-order valence-corrected chi connectivity index (χ3v) is 6.26. The molecule has 2 aliphatic rings. The van der Waals surface area contributed by atoms with Crippen molar-refractivity contribution in [3.05, 3.63) is 41.6 Å². The SMILES string of the molecule is CS(=O)(=O)c1ccc2c(c1)CCN(c1ccnc(N3CCOCC3)n1)CC2. The van der Waals surface area contributed by atoms with E-state index in [1.165, 1.54) is 11.8 Å². The van der Waals surface area contributed by atoms with Crippen LogP contribution in [0.3, 0.4) is 0 Å². The summed E-state index contributed by atoms with van der Waals surface area (Å²) in [4.78, 5) is 14.0. The molecule has 0 radical (unpaired) electrons. The summed E-state index contributed by atoms with van der Waals surface area (Å²) in [5, 5.41) is 0. The van der Waals surface area contributed by atoms with Crippen LogP contribution in [0.15, 0.2) is 35.4 Å². The molecule has 0 spiro atoms. The summed E-state index contributed by atoms with van der Waals surface area (Å²) >= 11 is 0. The van der Waals surface area contributed by atoms with E-state index >= 15 is 0 Å². The van der Waals surface area contributed by atoms with Crippen molar-refractivity contribution in [2.75, 3.05) is 55.4 Å². The van der Waals surface area contributed by atoms with Gasteiger partial charge in [0.1, 0.15) is 5.82 Å². The lowest BCUT2D eigenvalue weighted by Gasteiger charge is -2.28. The van der Waals surface area contributed by atoms with Crippen molar-refractivity contribution in [2.24, 2.45) is 0 Å². The maximum absolute atomic E-state index is 11.8. The van der Waals surface area contributed by atoms with Gasteiger partial charge in [-0.2, -0.15) is 4.98 Å². The minimum Gasteiger partial charge on any atom is -0.378 e. The third kappa shape index (κ3) is 4.06. The van der Waals surface area contributed by atoms with Crippen molar-refractivity contribution in [3.63, 3.8) is 0 Å². The normalized spacial score (nSPS) is 18.1. The van der Waals surface area contributed by atoms with Gasteiger partial charge in [-0.1, -0.05) is 6.07 Å². The average Bonchev–Trinajstić information content (AvgIpc) is 2.90. The zero-order chi connectivity index (χ0) is 18.9. The lowest BCUT2D eigenvalue weighted by atomic mass is 10.0. The molecule has 0 saturated carbocycles. The Kier molecular flexibility index (Phi) is 5.01. The zero-order valence-corrected chi connectivity index (χ0v) is 16.3. The van der Waals surface area contributed by atoms with Gasteiger partial charge < -0.3 is 14.5 Å². The second-order valence-electron chi connectivity index (χ2n) is 7.00. The Morgan fingerprint density at radius 3 is 2.44 bits per heavy atom. The Hall–Kier alpha value is -2.19. The van der Waals surface area contributed by atoms with Crippen LogP contribution in [0.2, 0.25) is 0 Å². The van der Waals surface area contributed by atoms with Gasteiger partial charge in [0.2, 0.25) is 5.95 Å². The first-order valence-electron chi connectivity index (χ1n) is 9.23. The first-order valence-corrected chi connectivity index (χ1v) is 11.1. The Morgan fingerprint density at radius 1 is 0.963 bits per heavy atom. The molecule has 0 aliphatic carbocycles. The number of sulfone groups is 1. The van der Waals surface area contributed by atoms with Crippen LogP contribution in [0.1, 0.15) is 11.1 Å². The molecule has 27 heavy (non-hydrogen) atoms. The van der Waals surface area contributed by atoms with Crippen LogP contribution in [0.4, 0.5) is 11.8 Å². The smallest absolute Gasteiger partial charge is 0.227 e. The van der Waals surface area contributed by atoms with Gasteiger partial charge in [-0.05, 0) is 42.2 Å². The summed E-state index contributed by atoms with van der Waals surface area (Å²) in [6.45, 7) is 4.68. The molecule has 4 rings (SSSR count). The summed E-state index contributed by atoms with van der Waals surface area (Å²) in [5.74, 6) is 1.67. The van der Waals surface area contributed by atoms with Crippen molar-refractivity contribution in [3.8, 4) is 0 Å². The Bertz CT molecular complexity index is 926. The van der Waals surface area contributed by atoms with E-state index in [9.17, 15) is 8.42 Å². The summed E-state index contributed by atoms with van der Waals surface area (Å²) in [5.41, 5.74) is 2.33. The lowest BCUT2D eigenvalue weighted by molar-refractivity contribution is 0.122. The predicted molar refractivity (Wildman–Crippen MR) is 104 cm³/mol. The van der Waals surface area contributed by atoms with E-state index in [0.29, 0.717) is 18.1 Å². The number of rotatable bonds is 3. The number of hydrogen-bond donors (Lipinski definition) is 0. The van der Waals surface area contributed by atoms with Gasteiger partial charge in [-0.3, -0.25) is 0 Å². The summed E-state index contributed by atoms with van der Waals surface area (Å²) in [7, 11) is -3.18. The van der Waals surface area contributed by atoms with E-state index in [2.05, 4.69) is 14.8 Å². The minimum atomic E-state index is -3.18. The predicted octanol–water partition coefficient (Wildman–Crippen LogP) is 1.32. The molecule has 0 amide bonds. The van der Waals surface area contributed by atoms with E-state index < -0.39 is 9.84 Å². The van der Waals surface area contributed by atoms with Crippen LogP contribution in [-0.4, -0.2) is 64.0 Å². The van der Waals surface area contributed by atoms with Gasteiger partial charge in [0.15, 0.2) is 9.84 Å². The molecular weight excluding hydrogens is 364 g/mol. The van der Waals surface area contributed by atoms with Crippen LogP contribution in [0.25, 0.3) is 0 Å². The molecule has 2 aliphatic heterocycles. The monoisotopic (exact) mass is 388 g/mol. The molecule has 0 N–H and O–H groups in total. The molecule has 3 heterocycles. The number of morpholine rings is 1. The molecule has 8 heteroatoms. The highest BCUT2D eigenvalue weighted by molar-refractivity contribution is 7.90. The quantitative estimate of drug-likeness (QED) is 0.785. The van der Waals surface area contributed by atoms with Crippen molar-refractivity contribution < 1.29 is 13.2 Å². The molecular formula is C19H24N4O3S. The molecule has 0 bridgehead atoms. The van der Waals surface area contributed by atoms with Gasteiger partial charge in [0.05, 0.1) is 18.1 Å². The zero-order valence-electron chi connectivity index (χ0n) is 15.5. The molecule has 1 saturated heterocycles. The number of ether oxygens (including phenoxy) is 1. The summed E-state index contributed by atoms with van der Waals surface area (Å²) in [6, 6.07) is 7.44. The number of nitrogens with zero attached hydrogens (tertiary/aromatic N) is 4. The van der Waals surface area contributed by atoms with E-state index in [0.717, 1.165) is 56.4 Å². The van der Waals surface area contributed by atoms with Crippen LogP contribution in [-0.2, 0) is 27.4 Å². The number of fused-ring (bicyclic) bond motifs is 1. The fourth-order valence-corrected chi connectivity index (χ4v) is 4.26. The van der Waals surface area contributed by atoms with Crippen LogP contribution < -0.4 is 9.80 Å². The van der Waals surface area contributed by atoms with Crippen molar-refractivity contribution in [2.45, 2.75) is 17.7 Å². The van der Waals surface area contributed by atoms with Gasteiger partial charge in [-0.25, -0.2) is 13.4 Å². The molecule has 1 aromatic heterocycles. The average molecular weight is 388 g/mol. The molecule has 7 nitrogen and oxygen atoms in total. The standard InChI is InChI=1S/C19H24N4O3S/c1-27(24,25)17-3-2-15-5-8-22(9-6-16(15)14-17)18-4-7-20-19(21-18)23-10-12-26-13-11-23/h2-4,7,14H,5-6,8-13H2,1H3. The van der Waals surface area contributed by atoms with Gasteiger partial charge in [0, 0.05) is 38.6 Å². The van der Waals surface area contributed by atoms with E-state index in [-0.39, 0.29) is 0 Å². The summed E-state index contributed by atoms with van der Waals surface area (Å²) in [6.07, 6.45) is 4.74. The van der Waals surface area contributed by atoms with E-state index in [1.54, 1.807) is 6.07 Å². The second-order valence-corrected chi connectivity index (χ2v) is 9.02. The molecule has 2 aromatic rings. The van der Waals surface area contributed by atoms with Crippen molar-refractivity contribution in [1.82, 2.24) is 9.97 Å². The maximum atomic E-state index is 11.8. The number of benzene rings is 1. The highest BCUT2D eigenvalue weighted by atomic mass is 32.2. The Labute approximate surface area is 159 Å². The first kappa shape index (κ1) is 18.2. The number of anilines is 2. The van der Waals surface area contributed by atoms with Gasteiger partial charge >= 0.3 is 0 Å². The maximum Gasteiger partial charge on any atom is 0.227 e. The largest absolute Gasteiger partial charge is 0.378 e. The number of hydrogen-bond acceptors (Lipinski definition) is 7. The molecule has 144 valence electrons. The minimum absolute atomic E-state index is 0.395. The van der Waals surface area contributed by atoms with Crippen LogP contribution >= 0.6 is 0 Å². The Balaban J connectivity index is 1.53. The van der Waals surface area contributed by atoms with Crippen molar-refractivity contribution >= 4 is 21.6 Å². The first-order chi connectivity index (χ1) is 13.0. The van der Waals surface area contributed by atoms with Gasteiger partial charge in [0.25, 0.3) is 0 Å². The molecule has 0 atom stereocenters. The van der Waals surface area contributed by atoms with Crippen LogP contribution in [0, 0.1) is 0 Å². The highest BCUT2D eigenvalue weighted by Crippen LogP contribution is 2.23. The van der Waals surface area contributed by atoms with Crippen LogP contribution in [0.5, 0.6) is 0 Å². The molecule has 1 fully saturated rings.